The summed E-state index contributed by atoms with van der Waals surface area (Å²) in [5.41, 5.74) is 0.465. The minimum atomic E-state index is -3.66. The van der Waals surface area contributed by atoms with Crippen molar-refractivity contribution in [1.29, 1.82) is 0 Å². The summed E-state index contributed by atoms with van der Waals surface area (Å²) in [5.74, 6) is 0.569. The van der Waals surface area contributed by atoms with E-state index in [1.54, 1.807) is 12.1 Å². The smallest absolute Gasteiger partial charge is 0.258 e. The molecule has 1 aliphatic heterocycles. The van der Waals surface area contributed by atoms with Gasteiger partial charge in [0.2, 0.25) is 10.0 Å². The fourth-order valence-electron chi connectivity index (χ4n) is 3.59. The highest BCUT2D eigenvalue weighted by atomic mass is 35.5. The van der Waals surface area contributed by atoms with Crippen molar-refractivity contribution in [3.63, 3.8) is 0 Å². The fraction of sp³-hybridized carbons (Fsp3) is 0.300. The van der Waals surface area contributed by atoms with Gasteiger partial charge >= 0.3 is 0 Å². The van der Waals surface area contributed by atoms with Gasteiger partial charge in [0.25, 0.3) is 5.56 Å². The predicted molar refractivity (Wildman–Crippen MR) is 118 cm³/mol. The molecule has 0 radical (unpaired) electrons. The summed E-state index contributed by atoms with van der Waals surface area (Å²) in [6, 6.07) is 11.4. The van der Waals surface area contributed by atoms with Gasteiger partial charge in [0.05, 0.1) is 31.9 Å². The number of aromatic amines is 1. The van der Waals surface area contributed by atoms with Crippen molar-refractivity contribution in [3.05, 3.63) is 68.7 Å². The number of rotatable bonds is 4. The zero-order chi connectivity index (χ0) is 21.5. The van der Waals surface area contributed by atoms with Crippen LogP contribution in [-0.4, -0.2) is 53.8 Å². The first kappa shape index (κ1) is 21.3. The van der Waals surface area contributed by atoms with Gasteiger partial charge in [-0.1, -0.05) is 35.3 Å². The Labute approximate surface area is 184 Å². The maximum absolute atomic E-state index is 12.9. The molecule has 1 fully saturated rings. The molecule has 4 rings (SSSR count). The van der Waals surface area contributed by atoms with Gasteiger partial charge < -0.3 is 4.98 Å². The third-order valence-corrected chi connectivity index (χ3v) is 8.01. The lowest BCUT2D eigenvalue weighted by Gasteiger charge is -2.37. The van der Waals surface area contributed by atoms with E-state index in [9.17, 15) is 13.2 Å². The summed E-state index contributed by atoms with van der Waals surface area (Å²) in [7, 11) is -3.66. The second-order valence-corrected chi connectivity index (χ2v) is 9.91. The monoisotopic (exact) mass is 466 g/mol. The van der Waals surface area contributed by atoms with Crippen LogP contribution in [0.4, 0.5) is 0 Å². The number of fused-ring (bicyclic) bond motifs is 1. The maximum Gasteiger partial charge on any atom is 0.258 e. The first-order valence-electron chi connectivity index (χ1n) is 9.45. The summed E-state index contributed by atoms with van der Waals surface area (Å²) >= 11 is 11.9. The molecule has 3 aromatic rings. The van der Waals surface area contributed by atoms with Gasteiger partial charge in [-0.3, -0.25) is 9.69 Å². The normalized spacial score (nSPS) is 17.3. The quantitative estimate of drug-likeness (QED) is 0.637. The lowest BCUT2D eigenvalue weighted by Crippen LogP contribution is -2.49. The van der Waals surface area contributed by atoms with E-state index in [1.807, 2.05) is 19.1 Å². The predicted octanol–water partition coefficient (Wildman–Crippen LogP) is 3.30. The van der Waals surface area contributed by atoms with E-state index >= 15 is 0 Å². The summed E-state index contributed by atoms with van der Waals surface area (Å²) in [6.07, 6.45) is 0. The molecular formula is C20H20Cl2N4O3S. The minimum absolute atomic E-state index is 0.124. The number of halogens is 2. The molecule has 2 aromatic carbocycles. The zero-order valence-corrected chi connectivity index (χ0v) is 18.5. The van der Waals surface area contributed by atoms with Crippen molar-refractivity contribution >= 4 is 44.1 Å². The molecule has 2 heterocycles. The lowest BCUT2D eigenvalue weighted by molar-refractivity contribution is 0.141. The van der Waals surface area contributed by atoms with Crippen molar-refractivity contribution < 1.29 is 8.42 Å². The van der Waals surface area contributed by atoms with E-state index < -0.39 is 10.0 Å². The van der Waals surface area contributed by atoms with E-state index in [0.29, 0.717) is 47.9 Å². The third-order valence-electron chi connectivity index (χ3n) is 5.38. The summed E-state index contributed by atoms with van der Waals surface area (Å²) in [6.45, 7) is 3.63. The highest BCUT2D eigenvalue weighted by Crippen LogP contribution is 2.28. The van der Waals surface area contributed by atoms with Crippen molar-refractivity contribution in [1.82, 2.24) is 19.2 Å². The van der Waals surface area contributed by atoms with Crippen molar-refractivity contribution in [3.8, 4) is 0 Å². The van der Waals surface area contributed by atoms with Crippen LogP contribution in [0.5, 0.6) is 0 Å². The second kappa shape index (κ2) is 8.28. The van der Waals surface area contributed by atoms with Crippen molar-refractivity contribution in [2.45, 2.75) is 17.9 Å². The van der Waals surface area contributed by atoms with Gasteiger partial charge in [0.15, 0.2) is 0 Å². The number of hydrogen-bond acceptors (Lipinski definition) is 5. The molecule has 158 valence electrons. The summed E-state index contributed by atoms with van der Waals surface area (Å²) in [4.78, 5) is 22.0. The standard InChI is InChI=1S/C20H20Cl2N4O3S/c1-13(19-23-18-5-3-2-4-15(18)20(27)24-19)25-8-10-26(11-9-25)30(28,29)14-6-7-16(21)17(22)12-14/h2-7,12-13H,8-11H2,1H3,(H,23,24,27)/t13-/m1/s1. The number of aromatic nitrogens is 2. The third kappa shape index (κ3) is 3.98. The average Bonchev–Trinajstić information content (AvgIpc) is 2.75. The van der Waals surface area contributed by atoms with Crippen LogP contribution in [0.15, 0.2) is 52.2 Å². The molecule has 10 heteroatoms. The largest absolute Gasteiger partial charge is 0.309 e. The fourth-order valence-corrected chi connectivity index (χ4v) is 5.40. The number of benzene rings is 2. The molecule has 0 bridgehead atoms. The lowest BCUT2D eigenvalue weighted by atomic mass is 10.2. The van der Waals surface area contributed by atoms with Crippen molar-refractivity contribution in [2.24, 2.45) is 0 Å². The van der Waals surface area contributed by atoms with Crippen LogP contribution >= 0.6 is 23.2 Å². The highest BCUT2D eigenvalue weighted by Gasteiger charge is 2.31. The van der Waals surface area contributed by atoms with Crippen LogP contribution in [0.2, 0.25) is 10.0 Å². The Morgan fingerprint density at radius 1 is 1.03 bits per heavy atom. The molecule has 30 heavy (non-hydrogen) atoms. The van der Waals surface area contributed by atoms with Gasteiger partial charge in [-0.2, -0.15) is 4.31 Å². The number of nitrogens with zero attached hydrogens (tertiary/aromatic N) is 3. The molecule has 1 saturated heterocycles. The molecule has 1 atom stereocenters. The Hall–Kier alpha value is -1.97. The molecule has 1 aromatic heterocycles. The van der Waals surface area contributed by atoms with Crippen LogP contribution in [0.1, 0.15) is 18.8 Å². The van der Waals surface area contributed by atoms with Crippen LogP contribution in [-0.2, 0) is 10.0 Å². The van der Waals surface area contributed by atoms with E-state index in [0.717, 1.165) is 0 Å². The van der Waals surface area contributed by atoms with Crippen molar-refractivity contribution in [2.75, 3.05) is 26.2 Å². The molecule has 1 aliphatic rings. The Balaban J connectivity index is 1.50. The highest BCUT2D eigenvalue weighted by molar-refractivity contribution is 7.89. The Kier molecular flexibility index (Phi) is 5.87. The van der Waals surface area contributed by atoms with Gasteiger partial charge in [-0.15, -0.1) is 0 Å². The van der Waals surface area contributed by atoms with Gasteiger partial charge in [-0.05, 0) is 37.3 Å². The van der Waals surface area contributed by atoms with Gasteiger partial charge in [0.1, 0.15) is 5.82 Å². The molecule has 1 N–H and O–H groups in total. The Morgan fingerprint density at radius 3 is 2.43 bits per heavy atom. The second-order valence-electron chi connectivity index (χ2n) is 7.16. The zero-order valence-electron chi connectivity index (χ0n) is 16.2. The Morgan fingerprint density at radius 2 is 1.73 bits per heavy atom. The molecule has 0 aliphatic carbocycles. The van der Waals surface area contributed by atoms with E-state index in [4.69, 9.17) is 23.2 Å². The number of H-pyrrole nitrogens is 1. The van der Waals surface area contributed by atoms with Crippen LogP contribution in [0.25, 0.3) is 10.9 Å². The Bertz CT molecular complexity index is 1250. The van der Waals surface area contributed by atoms with Crippen LogP contribution in [0.3, 0.4) is 0 Å². The van der Waals surface area contributed by atoms with Gasteiger partial charge in [-0.25, -0.2) is 13.4 Å². The van der Waals surface area contributed by atoms with Gasteiger partial charge in [0, 0.05) is 26.2 Å². The van der Waals surface area contributed by atoms with E-state index in [-0.39, 0.29) is 21.5 Å². The van der Waals surface area contributed by atoms with Crippen LogP contribution in [0, 0.1) is 0 Å². The molecular weight excluding hydrogens is 447 g/mol. The molecule has 0 unspecified atom stereocenters. The van der Waals surface area contributed by atoms with E-state index in [1.165, 1.54) is 22.5 Å². The number of sulfonamides is 1. The number of piperazine rings is 1. The van der Waals surface area contributed by atoms with E-state index in [2.05, 4.69) is 14.9 Å². The first-order chi connectivity index (χ1) is 14.3. The maximum atomic E-state index is 12.9. The molecule has 0 amide bonds. The molecule has 7 nitrogen and oxygen atoms in total. The molecule has 0 saturated carbocycles. The van der Waals surface area contributed by atoms with Crippen LogP contribution < -0.4 is 5.56 Å². The SMILES string of the molecule is C[C@H](c1nc2ccccc2c(=O)[nH]1)N1CCN(S(=O)(=O)c2ccc(Cl)c(Cl)c2)CC1. The number of hydrogen-bond donors (Lipinski definition) is 1. The number of para-hydroxylation sites is 1. The number of nitrogens with one attached hydrogen (secondary N) is 1. The summed E-state index contributed by atoms with van der Waals surface area (Å²) < 4.78 is 27.3. The first-order valence-corrected chi connectivity index (χ1v) is 11.6. The molecule has 0 spiro atoms. The topological polar surface area (TPSA) is 86.4 Å². The summed E-state index contributed by atoms with van der Waals surface area (Å²) in [5, 5.41) is 1.06. The minimum Gasteiger partial charge on any atom is -0.309 e. The average molecular weight is 467 g/mol.